The number of benzene rings is 2. The molecule has 0 saturated heterocycles. The van der Waals surface area contributed by atoms with E-state index >= 15 is 0 Å². The van der Waals surface area contributed by atoms with E-state index in [9.17, 15) is 14.4 Å². The zero-order valence-corrected chi connectivity index (χ0v) is 18.8. The van der Waals surface area contributed by atoms with Crippen molar-refractivity contribution in [2.24, 2.45) is 0 Å². The van der Waals surface area contributed by atoms with Crippen LogP contribution in [0.2, 0.25) is 0 Å². The van der Waals surface area contributed by atoms with E-state index in [0.717, 1.165) is 5.56 Å². The summed E-state index contributed by atoms with van der Waals surface area (Å²) in [4.78, 5) is 42.0. The average molecular weight is 473 g/mol. The van der Waals surface area contributed by atoms with Crippen LogP contribution in [0.15, 0.2) is 53.1 Å². The molecule has 5 rings (SSSR count). The lowest BCUT2D eigenvalue weighted by Gasteiger charge is -2.11. The number of esters is 1. The first-order valence-electron chi connectivity index (χ1n) is 10.6. The second-order valence-corrected chi connectivity index (χ2v) is 7.80. The van der Waals surface area contributed by atoms with Gasteiger partial charge in [-0.3, -0.25) is 9.59 Å². The summed E-state index contributed by atoms with van der Waals surface area (Å²) in [5.41, 5.74) is 2.58. The van der Waals surface area contributed by atoms with Crippen LogP contribution in [0, 0.1) is 6.92 Å². The van der Waals surface area contributed by atoms with Crippen LogP contribution in [-0.2, 0) is 9.53 Å². The normalized spacial score (nSPS) is 11.9. The lowest BCUT2D eigenvalue weighted by atomic mass is 10.1. The number of Topliss-reactive ketones (excluding diaryl/α,β-unsaturated/α-hetero) is 1. The summed E-state index contributed by atoms with van der Waals surface area (Å²) >= 11 is 0. The molecule has 2 aromatic carbocycles. The number of anilines is 1. The van der Waals surface area contributed by atoms with E-state index in [1.54, 1.807) is 13.0 Å². The lowest BCUT2D eigenvalue weighted by Crippen LogP contribution is -2.22. The molecule has 2 aromatic heterocycles. The predicted octanol–water partition coefficient (Wildman–Crippen LogP) is 3.93. The number of nitrogens with one attached hydrogen (secondary N) is 1. The van der Waals surface area contributed by atoms with Gasteiger partial charge in [0, 0.05) is 17.2 Å². The van der Waals surface area contributed by atoms with E-state index in [1.165, 1.54) is 19.1 Å². The minimum Gasteiger partial charge on any atom is -0.454 e. The van der Waals surface area contributed by atoms with E-state index in [-0.39, 0.29) is 35.1 Å². The smallest absolute Gasteiger partial charge is 0.339 e. The molecule has 0 aliphatic carbocycles. The maximum Gasteiger partial charge on any atom is 0.339 e. The molecule has 1 aliphatic rings. The molecule has 0 spiro atoms. The van der Waals surface area contributed by atoms with Gasteiger partial charge in [-0.05, 0) is 26.0 Å². The van der Waals surface area contributed by atoms with Crippen molar-refractivity contribution in [1.29, 1.82) is 0 Å². The Hall–Kier alpha value is -4.73. The number of carbonyl (C=O) groups is 3. The highest BCUT2D eigenvalue weighted by molar-refractivity contribution is 6.07. The van der Waals surface area contributed by atoms with Gasteiger partial charge in [-0.25, -0.2) is 9.78 Å². The van der Waals surface area contributed by atoms with E-state index in [4.69, 9.17) is 18.7 Å². The number of aromatic nitrogens is 2. The van der Waals surface area contributed by atoms with Crippen LogP contribution in [0.4, 0.5) is 5.69 Å². The van der Waals surface area contributed by atoms with E-state index in [2.05, 4.69) is 15.5 Å². The second kappa shape index (κ2) is 8.90. The summed E-state index contributed by atoms with van der Waals surface area (Å²) in [5.74, 6) is -0.826. The lowest BCUT2D eigenvalue weighted by molar-refractivity contribution is -0.119. The van der Waals surface area contributed by atoms with Gasteiger partial charge in [0.25, 0.3) is 11.6 Å². The summed E-state index contributed by atoms with van der Waals surface area (Å²) < 4.78 is 21.2. The Morgan fingerprint density at radius 1 is 1.03 bits per heavy atom. The van der Waals surface area contributed by atoms with Crippen LogP contribution in [0.3, 0.4) is 0 Å². The number of ether oxygens (including phenoxy) is 3. The highest BCUT2D eigenvalue weighted by Gasteiger charge is 2.23. The molecule has 4 aromatic rings. The molecule has 176 valence electrons. The summed E-state index contributed by atoms with van der Waals surface area (Å²) in [5, 5.41) is 6.90. The molecule has 10 nitrogen and oxygen atoms in total. The van der Waals surface area contributed by atoms with Gasteiger partial charge >= 0.3 is 5.97 Å². The molecule has 0 radical (unpaired) electrons. The van der Waals surface area contributed by atoms with Crippen LogP contribution in [0.5, 0.6) is 11.5 Å². The van der Waals surface area contributed by atoms with Crippen molar-refractivity contribution in [2.75, 3.05) is 18.7 Å². The van der Waals surface area contributed by atoms with E-state index in [0.29, 0.717) is 28.3 Å². The first-order chi connectivity index (χ1) is 16.9. The van der Waals surface area contributed by atoms with Crippen molar-refractivity contribution in [3.63, 3.8) is 0 Å². The summed E-state index contributed by atoms with van der Waals surface area (Å²) in [6, 6.07) is 13.8. The Morgan fingerprint density at radius 2 is 1.77 bits per heavy atom. The minimum atomic E-state index is -0.742. The fourth-order valence-electron chi connectivity index (χ4n) is 3.74. The van der Waals surface area contributed by atoms with E-state index < -0.39 is 18.5 Å². The number of amides is 1. The van der Waals surface area contributed by atoms with Gasteiger partial charge in [0.1, 0.15) is 0 Å². The average Bonchev–Trinajstić information content (AvgIpc) is 3.48. The number of hydrogen-bond donors (Lipinski definition) is 1. The molecular formula is C25H19N3O7. The molecule has 0 saturated carbocycles. The number of carbonyl (C=O) groups excluding carboxylic acids is 3. The Bertz CT molecular complexity index is 1480. The summed E-state index contributed by atoms with van der Waals surface area (Å²) in [7, 11) is 0. The largest absolute Gasteiger partial charge is 0.454 e. The molecule has 3 heterocycles. The summed E-state index contributed by atoms with van der Waals surface area (Å²) in [6.07, 6.45) is 0. The molecular weight excluding hydrogens is 454 g/mol. The third-order valence-electron chi connectivity index (χ3n) is 5.41. The molecule has 0 atom stereocenters. The van der Waals surface area contributed by atoms with Crippen LogP contribution >= 0.6 is 0 Å². The fourth-order valence-corrected chi connectivity index (χ4v) is 3.74. The zero-order valence-electron chi connectivity index (χ0n) is 18.8. The fraction of sp³-hybridized carbons (Fsp3) is 0.160. The Balaban J connectivity index is 1.36. The van der Waals surface area contributed by atoms with Gasteiger partial charge in [-0.2, -0.15) is 0 Å². The van der Waals surface area contributed by atoms with Crippen molar-refractivity contribution < 1.29 is 33.1 Å². The topological polar surface area (TPSA) is 130 Å². The van der Waals surface area contributed by atoms with Crippen molar-refractivity contribution in [3.05, 3.63) is 65.4 Å². The van der Waals surface area contributed by atoms with Crippen LogP contribution in [-0.4, -0.2) is 41.2 Å². The molecule has 0 bridgehead atoms. The van der Waals surface area contributed by atoms with Gasteiger partial charge in [-0.1, -0.05) is 35.5 Å². The predicted molar refractivity (Wildman–Crippen MR) is 123 cm³/mol. The molecule has 1 N–H and O–H groups in total. The first kappa shape index (κ1) is 22.1. The van der Waals surface area contributed by atoms with Crippen molar-refractivity contribution in [1.82, 2.24) is 10.1 Å². The quantitative estimate of drug-likeness (QED) is 0.327. The maximum absolute atomic E-state index is 13.0. The number of nitrogens with zero attached hydrogens (tertiary/aromatic N) is 2. The molecule has 1 aliphatic heterocycles. The van der Waals surface area contributed by atoms with Gasteiger partial charge in [-0.15, -0.1) is 0 Å². The van der Waals surface area contributed by atoms with Gasteiger partial charge in [0.05, 0.1) is 28.0 Å². The summed E-state index contributed by atoms with van der Waals surface area (Å²) in [6.45, 7) is 2.49. The highest BCUT2D eigenvalue weighted by atomic mass is 16.7. The molecule has 10 heteroatoms. The monoisotopic (exact) mass is 473 g/mol. The van der Waals surface area contributed by atoms with E-state index in [1.807, 2.05) is 30.3 Å². The minimum absolute atomic E-state index is 0.0232. The van der Waals surface area contributed by atoms with Crippen molar-refractivity contribution in [2.45, 2.75) is 13.8 Å². The maximum atomic E-state index is 13.0. The standard InChI is InChI=1S/C25H19N3O7/c1-13-23-17(8-18(27-24(23)35-28-13)15-6-4-3-5-7-15)25(31)32-11-22(30)26-19-10-21-20(33-12-34-21)9-16(19)14(2)29/h3-10H,11-12H2,1-2H3,(H,26,30). The van der Waals surface area contributed by atoms with Crippen LogP contribution < -0.4 is 14.8 Å². The number of rotatable bonds is 6. The zero-order chi connectivity index (χ0) is 24.5. The number of pyridine rings is 1. The van der Waals surface area contributed by atoms with Crippen LogP contribution in [0.1, 0.15) is 33.3 Å². The number of ketones is 1. The molecule has 0 unspecified atom stereocenters. The van der Waals surface area contributed by atoms with Crippen molar-refractivity contribution >= 4 is 34.4 Å². The van der Waals surface area contributed by atoms with Crippen LogP contribution in [0.25, 0.3) is 22.4 Å². The SMILES string of the molecule is CC(=O)c1cc2c(cc1NC(=O)COC(=O)c1cc(-c3ccccc3)nc3onc(C)c13)OCO2. The van der Waals surface area contributed by atoms with Gasteiger partial charge in [0.2, 0.25) is 6.79 Å². The molecule has 1 amide bonds. The van der Waals surface area contributed by atoms with Gasteiger partial charge in [0.15, 0.2) is 23.9 Å². The van der Waals surface area contributed by atoms with Crippen molar-refractivity contribution in [3.8, 4) is 22.8 Å². The number of hydrogen-bond acceptors (Lipinski definition) is 9. The Labute approximate surface area is 198 Å². The third-order valence-corrected chi connectivity index (χ3v) is 5.41. The number of aryl methyl sites for hydroxylation is 1. The molecule has 0 fully saturated rings. The third kappa shape index (κ3) is 4.29. The second-order valence-electron chi connectivity index (χ2n) is 7.80. The Kier molecular flexibility index (Phi) is 5.61. The first-order valence-corrected chi connectivity index (χ1v) is 10.6. The van der Waals surface area contributed by atoms with Gasteiger partial charge < -0.3 is 24.1 Å². The number of fused-ring (bicyclic) bond motifs is 2. The Morgan fingerprint density at radius 3 is 2.51 bits per heavy atom. The molecule has 35 heavy (non-hydrogen) atoms. The highest BCUT2D eigenvalue weighted by Crippen LogP contribution is 2.37.